The summed E-state index contributed by atoms with van der Waals surface area (Å²) in [4.78, 5) is 11.9. The standard InChI is InChI=1S/C16H22O2/c1-10-5-8-16-11(2)12(14(17)18-4)9-15(16,3)7-6-13(10)16/h9-10,13H,2,5-8H2,1,3-4H3. The second-order valence-corrected chi connectivity index (χ2v) is 6.58. The summed E-state index contributed by atoms with van der Waals surface area (Å²) < 4.78 is 4.92. The zero-order valence-electron chi connectivity index (χ0n) is 11.6. The molecule has 0 aromatic heterocycles. The maximum absolute atomic E-state index is 11.9. The van der Waals surface area contributed by atoms with E-state index in [0.717, 1.165) is 17.1 Å². The molecule has 1 spiro atoms. The molecule has 0 saturated heterocycles. The van der Waals surface area contributed by atoms with Crippen LogP contribution in [-0.4, -0.2) is 13.1 Å². The van der Waals surface area contributed by atoms with Gasteiger partial charge in [-0.3, -0.25) is 0 Å². The molecule has 0 N–H and O–H groups in total. The molecule has 98 valence electrons. The fraction of sp³-hybridized carbons (Fsp3) is 0.688. The molecule has 4 unspecified atom stereocenters. The highest BCUT2D eigenvalue weighted by atomic mass is 16.5. The van der Waals surface area contributed by atoms with E-state index in [2.05, 4.69) is 26.5 Å². The van der Waals surface area contributed by atoms with Crippen LogP contribution in [-0.2, 0) is 9.53 Å². The van der Waals surface area contributed by atoms with Crippen LogP contribution in [0.25, 0.3) is 0 Å². The van der Waals surface area contributed by atoms with E-state index in [9.17, 15) is 4.79 Å². The molecule has 4 atom stereocenters. The van der Waals surface area contributed by atoms with Crippen molar-refractivity contribution in [2.75, 3.05) is 7.11 Å². The van der Waals surface area contributed by atoms with Gasteiger partial charge >= 0.3 is 5.97 Å². The van der Waals surface area contributed by atoms with Crippen molar-refractivity contribution in [1.29, 1.82) is 0 Å². The predicted molar refractivity (Wildman–Crippen MR) is 70.9 cm³/mol. The normalized spacial score (nSPS) is 45.7. The average Bonchev–Trinajstić information content (AvgIpc) is 2.90. The van der Waals surface area contributed by atoms with Crippen LogP contribution in [0.4, 0.5) is 0 Å². The van der Waals surface area contributed by atoms with Gasteiger partial charge in [0.15, 0.2) is 0 Å². The number of esters is 1. The van der Waals surface area contributed by atoms with Crippen molar-refractivity contribution < 1.29 is 9.53 Å². The number of hydrogen-bond acceptors (Lipinski definition) is 2. The van der Waals surface area contributed by atoms with Gasteiger partial charge in [0.05, 0.1) is 12.7 Å². The van der Waals surface area contributed by atoms with Gasteiger partial charge in [-0.2, -0.15) is 0 Å². The minimum Gasteiger partial charge on any atom is -0.465 e. The Bertz CT molecular complexity index is 462. The molecule has 0 aliphatic heterocycles. The van der Waals surface area contributed by atoms with Crippen LogP contribution in [0.5, 0.6) is 0 Å². The Morgan fingerprint density at radius 3 is 2.83 bits per heavy atom. The number of carbonyl (C=O) groups is 1. The second-order valence-electron chi connectivity index (χ2n) is 6.58. The quantitative estimate of drug-likeness (QED) is 0.662. The Morgan fingerprint density at radius 1 is 1.44 bits per heavy atom. The van der Waals surface area contributed by atoms with Crippen molar-refractivity contribution in [3.05, 3.63) is 23.8 Å². The van der Waals surface area contributed by atoms with E-state index in [1.807, 2.05) is 0 Å². The van der Waals surface area contributed by atoms with E-state index < -0.39 is 0 Å². The van der Waals surface area contributed by atoms with E-state index in [0.29, 0.717) is 5.92 Å². The molecule has 3 aliphatic rings. The van der Waals surface area contributed by atoms with Gasteiger partial charge in [0.2, 0.25) is 0 Å². The maximum atomic E-state index is 11.9. The average molecular weight is 246 g/mol. The third-order valence-electron chi connectivity index (χ3n) is 6.04. The first-order chi connectivity index (χ1) is 8.46. The number of hydrogen-bond donors (Lipinski definition) is 0. The third-order valence-corrected chi connectivity index (χ3v) is 6.04. The van der Waals surface area contributed by atoms with Crippen molar-refractivity contribution in [1.82, 2.24) is 0 Å². The van der Waals surface area contributed by atoms with Crippen LogP contribution in [0, 0.1) is 22.7 Å². The largest absolute Gasteiger partial charge is 0.465 e. The van der Waals surface area contributed by atoms with Crippen molar-refractivity contribution >= 4 is 5.97 Å². The molecule has 0 heterocycles. The van der Waals surface area contributed by atoms with Gasteiger partial charge in [0.1, 0.15) is 0 Å². The summed E-state index contributed by atoms with van der Waals surface area (Å²) in [6, 6.07) is 0. The molecular formula is C16H22O2. The highest BCUT2D eigenvalue weighted by Gasteiger charge is 2.65. The van der Waals surface area contributed by atoms with Gasteiger partial charge in [-0.05, 0) is 48.5 Å². The van der Waals surface area contributed by atoms with Gasteiger partial charge in [-0.1, -0.05) is 26.5 Å². The van der Waals surface area contributed by atoms with Crippen molar-refractivity contribution in [2.24, 2.45) is 22.7 Å². The Labute approximate surface area is 109 Å². The lowest BCUT2D eigenvalue weighted by molar-refractivity contribution is -0.135. The summed E-state index contributed by atoms with van der Waals surface area (Å²) in [5, 5.41) is 0. The summed E-state index contributed by atoms with van der Waals surface area (Å²) in [6.07, 6.45) is 7.08. The van der Waals surface area contributed by atoms with Gasteiger partial charge in [0, 0.05) is 5.41 Å². The second kappa shape index (κ2) is 3.49. The Balaban J connectivity index is 2.09. The summed E-state index contributed by atoms with van der Waals surface area (Å²) >= 11 is 0. The van der Waals surface area contributed by atoms with Gasteiger partial charge in [0.25, 0.3) is 0 Å². The van der Waals surface area contributed by atoms with Crippen LogP contribution >= 0.6 is 0 Å². The van der Waals surface area contributed by atoms with Crippen molar-refractivity contribution in [3.8, 4) is 0 Å². The first-order valence-electron chi connectivity index (χ1n) is 6.97. The van der Waals surface area contributed by atoms with Crippen molar-refractivity contribution in [2.45, 2.75) is 39.5 Å². The zero-order chi connectivity index (χ0) is 13.1. The van der Waals surface area contributed by atoms with Crippen LogP contribution in [0.1, 0.15) is 39.5 Å². The van der Waals surface area contributed by atoms with E-state index in [1.165, 1.54) is 32.8 Å². The fourth-order valence-electron chi connectivity index (χ4n) is 5.10. The first kappa shape index (κ1) is 12.0. The number of methoxy groups -OCH3 is 1. The summed E-state index contributed by atoms with van der Waals surface area (Å²) in [5.41, 5.74) is 2.08. The Morgan fingerprint density at radius 2 is 2.17 bits per heavy atom. The molecule has 0 aromatic rings. The van der Waals surface area contributed by atoms with Crippen LogP contribution in [0.3, 0.4) is 0 Å². The minimum atomic E-state index is -0.205. The zero-order valence-corrected chi connectivity index (χ0v) is 11.6. The first-order valence-corrected chi connectivity index (χ1v) is 6.97. The number of ether oxygens (including phenoxy) is 1. The SMILES string of the molecule is C=C1C(C(=O)OC)=CC2(C)CCC3C(C)CCC132. The van der Waals surface area contributed by atoms with Crippen LogP contribution in [0.2, 0.25) is 0 Å². The van der Waals surface area contributed by atoms with Crippen LogP contribution in [0.15, 0.2) is 23.8 Å². The molecular weight excluding hydrogens is 224 g/mol. The highest BCUT2D eigenvalue weighted by molar-refractivity contribution is 5.95. The highest BCUT2D eigenvalue weighted by Crippen LogP contribution is 2.72. The molecule has 0 radical (unpaired) electrons. The van der Waals surface area contributed by atoms with Gasteiger partial charge < -0.3 is 4.74 Å². The molecule has 3 aliphatic carbocycles. The Hall–Kier alpha value is -1.05. The lowest BCUT2D eigenvalue weighted by Gasteiger charge is -2.39. The van der Waals surface area contributed by atoms with E-state index in [4.69, 9.17) is 4.74 Å². The lowest BCUT2D eigenvalue weighted by Crippen LogP contribution is -2.34. The van der Waals surface area contributed by atoms with Gasteiger partial charge in [-0.25, -0.2) is 4.79 Å². The van der Waals surface area contributed by atoms with E-state index in [-0.39, 0.29) is 16.8 Å². The smallest absolute Gasteiger partial charge is 0.337 e. The van der Waals surface area contributed by atoms with Gasteiger partial charge in [-0.15, -0.1) is 0 Å². The summed E-state index contributed by atoms with van der Waals surface area (Å²) in [5.74, 6) is 1.26. The third kappa shape index (κ3) is 1.12. The Kier molecular flexibility index (Phi) is 2.33. The minimum absolute atomic E-state index is 0.128. The molecule has 2 fully saturated rings. The number of rotatable bonds is 1. The molecule has 0 aromatic carbocycles. The molecule has 0 bridgehead atoms. The molecule has 2 saturated carbocycles. The molecule has 3 rings (SSSR count). The van der Waals surface area contributed by atoms with Crippen molar-refractivity contribution in [3.63, 3.8) is 0 Å². The maximum Gasteiger partial charge on any atom is 0.337 e. The molecule has 18 heavy (non-hydrogen) atoms. The molecule has 2 nitrogen and oxygen atoms in total. The monoisotopic (exact) mass is 246 g/mol. The van der Waals surface area contributed by atoms with Crippen LogP contribution < -0.4 is 0 Å². The van der Waals surface area contributed by atoms with E-state index >= 15 is 0 Å². The summed E-state index contributed by atoms with van der Waals surface area (Å²) in [7, 11) is 1.46. The predicted octanol–water partition coefficient (Wildman–Crippen LogP) is 3.49. The fourth-order valence-corrected chi connectivity index (χ4v) is 5.10. The molecule has 2 heteroatoms. The number of carbonyl (C=O) groups excluding carboxylic acids is 1. The topological polar surface area (TPSA) is 26.3 Å². The number of allylic oxidation sites excluding steroid dienone is 1. The molecule has 0 amide bonds. The van der Waals surface area contributed by atoms with E-state index in [1.54, 1.807) is 0 Å². The summed E-state index contributed by atoms with van der Waals surface area (Å²) in [6.45, 7) is 8.96. The lowest BCUT2D eigenvalue weighted by atomic mass is 9.63.